The molecule has 0 fully saturated rings. The van der Waals surface area contributed by atoms with Crippen molar-refractivity contribution in [2.45, 2.75) is 12.1 Å². The van der Waals surface area contributed by atoms with Crippen molar-refractivity contribution < 1.29 is 20.4 Å². The Hall–Kier alpha value is -0.940. The fourth-order valence-corrected chi connectivity index (χ4v) is 0.833. The van der Waals surface area contributed by atoms with Crippen molar-refractivity contribution >= 4 is 0 Å². The third-order valence-corrected chi connectivity index (χ3v) is 1.56. The zero-order valence-corrected chi connectivity index (χ0v) is 6.25. The third-order valence-electron chi connectivity index (χ3n) is 1.56. The normalized spacial score (nSPS) is 12.1. The van der Waals surface area contributed by atoms with Gasteiger partial charge in [0.05, 0.1) is 0 Å². The third kappa shape index (κ3) is 1.62. The van der Waals surface area contributed by atoms with Gasteiger partial charge in [-0.25, -0.2) is 0 Å². The van der Waals surface area contributed by atoms with Gasteiger partial charge < -0.3 is 20.4 Å². The number of hydrogen-bond donors (Lipinski definition) is 4. The first kappa shape index (κ1) is 9.15. The average molecular weight is 170 g/mol. The molecule has 4 nitrogen and oxygen atoms in total. The van der Waals surface area contributed by atoms with Gasteiger partial charge in [-0.1, -0.05) is 30.3 Å². The molecule has 1 rings (SSSR count). The second-order valence-electron chi connectivity index (χ2n) is 2.47. The maximum absolute atomic E-state index is 9.12. The molecule has 0 spiro atoms. The summed E-state index contributed by atoms with van der Waals surface area (Å²) in [5.41, 5.74) is 0.0417. The number of hydrogen-bond acceptors (Lipinski definition) is 4. The van der Waals surface area contributed by atoms with Crippen LogP contribution in [-0.4, -0.2) is 26.7 Å². The number of rotatable bonds is 2. The maximum Gasteiger partial charge on any atom is 0.242 e. The van der Waals surface area contributed by atoms with Crippen LogP contribution in [-0.2, 0) is 5.79 Å². The van der Waals surface area contributed by atoms with E-state index in [2.05, 4.69) is 0 Å². The van der Waals surface area contributed by atoms with Crippen molar-refractivity contribution in [2.75, 3.05) is 0 Å². The molecule has 0 bridgehead atoms. The quantitative estimate of drug-likeness (QED) is 0.435. The molecule has 0 saturated heterocycles. The molecule has 0 aromatic heterocycles. The highest BCUT2D eigenvalue weighted by atomic mass is 16.6. The lowest BCUT2D eigenvalue weighted by Gasteiger charge is -2.23. The lowest BCUT2D eigenvalue weighted by atomic mass is 10.1. The molecule has 0 heterocycles. The first-order chi connectivity index (χ1) is 5.55. The van der Waals surface area contributed by atoms with E-state index in [0.29, 0.717) is 0 Å². The molecule has 0 atom stereocenters. The predicted molar refractivity (Wildman–Crippen MR) is 40.8 cm³/mol. The van der Waals surface area contributed by atoms with Crippen LogP contribution in [0.25, 0.3) is 0 Å². The van der Waals surface area contributed by atoms with Crippen LogP contribution in [0.2, 0.25) is 0 Å². The van der Waals surface area contributed by atoms with Crippen molar-refractivity contribution in [3.05, 3.63) is 35.9 Å². The minimum absolute atomic E-state index is 0.0417. The van der Waals surface area contributed by atoms with Gasteiger partial charge in [0.2, 0.25) is 12.1 Å². The Bertz CT molecular complexity index is 242. The minimum atomic E-state index is -2.60. The van der Waals surface area contributed by atoms with Crippen LogP contribution < -0.4 is 0 Å². The van der Waals surface area contributed by atoms with Gasteiger partial charge >= 0.3 is 0 Å². The van der Waals surface area contributed by atoms with Crippen LogP contribution >= 0.6 is 0 Å². The number of benzene rings is 1. The SMILES string of the molecule is OC(O)C(O)(O)c1ccccc1. The van der Waals surface area contributed by atoms with Crippen molar-refractivity contribution in [3.8, 4) is 0 Å². The van der Waals surface area contributed by atoms with E-state index in [1.54, 1.807) is 18.2 Å². The van der Waals surface area contributed by atoms with Crippen LogP contribution in [0.4, 0.5) is 0 Å². The first-order valence-electron chi connectivity index (χ1n) is 3.41. The summed E-state index contributed by atoms with van der Waals surface area (Å²) >= 11 is 0. The Morgan fingerprint density at radius 2 is 1.50 bits per heavy atom. The first-order valence-corrected chi connectivity index (χ1v) is 3.41. The van der Waals surface area contributed by atoms with E-state index < -0.39 is 12.1 Å². The summed E-state index contributed by atoms with van der Waals surface area (Å²) in [6.07, 6.45) is -2.21. The Kier molecular flexibility index (Phi) is 2.44. The largest absolute Gasteiger partial charge is 0.364 e. The smallest absolute Gasteiger partial charge is 0.242 e. The Labute approximate surface area is 69.3 Å². The molecular weight excluding hydrogens is 160 g/mol. The highest BCUT2D eigenvalue weighted by Crippen LogP contribution is 2.19. The lowest BCUT2D eigenvalue weighted by Crippen LogP contribution is -2.38. The topological polar surface area (TPSA) is 80.9 Å². The maximum atomic E-state index is 9.12. The van der Waals surface area contributed by atoms with Crippen molar-refractivity contribution in [3.63, 3.8) is 0 Å². The summed E-state index contributed by atoms with van der Waals surface area (Å²) in [7, 11) is 0. The van der Waals surface area contributed by atoms with E-state index in [1.165, 1.54) is 12.1 Å². The van der Waals surface area contributed by atoms with Crippen LogP contribution in [0, 0.1) is 0 Å². The summed E-state index contributed by atoms with van der Waals surface area (Å²) in [5.74, 6) is -2.60. The van der Waals surface area contributed by atoms with Crippen LogP contribution in [0.3, 0.4) is 0 Å². The van der Waals surface area contributed by atoms with Gasteiger partial charge in [-0.15, -0.1) is 0 Å². The molecule has 12 heavy (non-hydrogen) atoms. The van der Waals surface area contributed by atoms with E-state index in [1.807, 2.05) is 0 Å². The van der Waals surface area contributed by atoms with Gasteiger partial charge in [-0.3, -0.25) is 0 Å². The second kappa shape index (κ2) is 3.20. The molecule has 0 aliphatic heterocycles. The fourth-order valence-electron chi connectivity index (χ4n) is 0.833. The van der Waals surface area contributed by atoms with Crippen LogP contribution in [0.15, 0.2) is 30.3 Å². The zero-order chi connectivity index (χ0) is 9.19. The summed E-state index contributed by atoms with van der Waals surface area (Å²) in [5, 5.41) is 35.4. The molecule has 1 aromatic rings. The molecule has 0 aliphatic carbocycles. The second-order valence-corrected chi connectivity index (χ2v) is 2.47. The van der Waals surface area contributed by atoms with Gasteiger partial charge in [0.25, 0.3) is 0 Å². The Balaban J connectivity index is 2.98. The van der Waals surface area contributed by atoms with Gasteiger partial charge in [0, 0.05) is 5.56 Å². The molecule has 0 saturated carbocycles. The monoisotopic (exact) mass is 170 g/mol. The lowest BCUT2D eigenvalue weighted by molar-refractivity contribution is -0.298. The van der Waals surface area contributed by atoms with E-state index in [-0.39, 0.29) is 5.56 Å². The van der Waals surface area contributed by atoms with Crippen LogP contribution in [0.1, 0.15) is 5.56 Å². The van der Waals surface area contributed by atoms with Gasteiger partial charge in [-0.2, -0.15) is 0 Å². The zero-order valence-electron chi connectivity index (χ0n) is 6.25. The van der Waals surface area contributed by atoms with Crippen molar-refractivity contribution in [1.29, 1.82) is 0 Å². The molecule has 0 aliphatic rings. The highest BCUT2D eigenvalue weighted by molar-refractivity contribution is 5.19. The Morgan fingerprint density at radius 3 is 1.92 bits per heavy atom. The summed E-state index contributed by atoms with van der Waals surface area (Å²) in [6.45, 7) is 0. The van der Waals surface area contributed by atoms with E-state index in [4.69, 9.17) is 20.4 Å². The standard InChI is InChI=1S/C8H10O4/c9-7(10)8(11,12)6-4-2-1-3-5-6/h1-5,7,9-12H. The van der Waals surface area contributed by atoms with E-state index in [9.17, 15) is 0 Å². The van der Waals surface area contributed by atoms with Crippen molar-refractivity contribution in [1.82, 2.24) is 0 Å². The molecule has 66 valence electrons. The molecule has 4 heteroatoms. The molecule has 4 N–H and O–H groups in total. The average Bonchev–Trinajstić information content (AvgIpc) is 2.06. The van der Waals surface area contributed by atoms with E-state index in [0.717, 1.165) is 0 Å². The molecule has 0 amide bonds. The van der Waals surface area contributed by atoms with Crippen LogP contribution in [0.5, 0.6) is 0 Å². The molecule has 0 radical (unpaired) electrons. The van der Waals surface area contributed by atoms with Gasteiger partial charge in [-0.05, 0) is 0 Å². The molecule has 1 aromatic carbocycles. The number of aliphatic hydroxyl groups is 4. The Morgan fingerprint density at radius 1 is 1.00 bits per heavy atom. The van der Waals surface area contributed by atoms with Crippen molar-refractivity contribution in [2.24, 2.45) is 0 Å². The highest BCUT2D eigenvalue weighted by Gasteiger charge is 2.33. The van der Waals surface area contributed by atoms with E-state index >= 15 is 0 Å². The summed E-state index contributed by atoms with van der Waals surface area (Å²) in [6, 6.07) is 7.60. The van der Waals surface area contributed by atoms with Gasteiger partial charge in [0.15, 0.2) is 0 Å². The number of aliphatic hydroxyl groups excluding tert-OH is 1. The fraction of sp³-hybridized carbons (Fsp3) is 0.250. The predicted octanol–water partition coefficient (Wildman–Crippen LogP) is -0.865. The molecule has 0 unspecified atom stereocenters. The summed E-state index contributed by atoms with van der Waals surface area (Å²) in [4.78, 5) is 0. The summed E-state index contributed by atoms with van der Waals surface area (Å²) < 4.78 is 0. The minimum Gasteiger partial charge on any atom is -0.364 e. The molecular formula is C8H10O4. The van der Waals surface area contributed by atoms with Gasteiger partial charge in [0.1, 0.15) is 0 Å².